The summed E-state index contributed by atoms with van der Waals surface area (Å²) in [6.07, 6.45) is 2.96. The second kappa shape index (κ2) is 8.17. The molecule has 1 saturated carbocycles. The van der Waals surface area contributed by atoms with Gasteiger partial charge >= 0.3 is 5.97 Å². The van der Waals surface area contributed by atoms with E-state index in [4.69, 9.17) is 5.11 Å². The number of carboxylic acids is 1. The van der Waals surface area contributed by atoms with Gasteiger partial charge in [0.05, 0.1) is 17.2 Å². The van der Waals surface area contributed by atoms with Crippen LogP contribution in [0.3, 0.4) is 0 Å². The highest BCUT2D eigenvalue weighted by molar-refractivity contribution is 5.92. The van der Waals surface area contributed by atoms with E-state index in [9.17, 15) is 19.7 Å². The number of rotatable bonds is 8. The van der Waals surface area contributed by atoms with Crippen LogP contribution in [0.15, 0.2) is 36.5 Å². The van der Waals surface area contributed by atoms with E-state index in [0.717, 1.165) is 0 Å². The van der Waals surface area contributed by atoms with Crippen LogP contribution in [0, 0.1) is 10.1 Å². The third-order valence-corrected chi connectivity index (χ3v) is 4.84. The molecule has 1 fully saturated rings. The number of aliphatic carboxylic acids is 1. The lowest BCUT2D eigenvalue weighted by atomic mass is 9.85. The molecule has 1 aromatic carbocycles. The van der Waals surface area contributed by atoms with Gasteiger partial charge in [-0.15, -0.1) is 0 Å². The van der Waals surface area contributed by atoms with Crippen LogP contribution in [0.5, 0.6) is 0 Å². The maximum absolute atomic E-state index is 12.4. The van der Waals surface area contributed by atoms with E-state index in [1.165, 1.54) is 16.8 Å². The number of aromatic nitrogens is 2. The van der Waals surface area contributed by atoms with Gasteiger partial charge in [-0.1, -0.05) is 13.0 Å². The molecule has 2 aromatic rings. The van der Waals surface area contributed by atoms with Crippen LogP contribution >= 0.6 is 0 Å². The third kappa shape index (κ3) is 4.34. The average molecular weight is 387 g/mol. The van der Waals surface area contributed by atoms with Crippen molar-refractivity contribution in [1.29, 1.82) is 0 Å². The van der Waals surface area contributed by atoms with Gasteiger partial charge in [0, 0.05) is 30.4 Å². The van der Waals surface area contributed by atoms with E-state index in [0.29, 0.717) is 25.1 Å². The number of carboxylic acid groups (broad SMARTS) is 1. The lowest BCUT2D eigenvalue weighted by Gasteiger charge is -2.42. The molecular weight excluding hydrogens is 366 g/mol. The van der Waals surface area contributed by atoms with Gasteiger partial charge in [0.1, 0.15) is 0 Å². The van der Waals surface area contributed by atoms with E-state index in [1.807, 2.05) is 11.8 Å². The van der Waals surface area contributed by atoms with Gasteiger partial charge in [-0.25, -0.2) is 4.68 Å². The number of amides is 1. The van der Waals surface area contributed by atoms with Gasteiger partial charge in [0.15, 0.2) is 5.69 Å². The van der Waals surface area contributed by atoms with Crippen LogP contribution in [0.1, 0.15) is 30.3 Å². The van der Waals surface area contributed by atoms with E-state index < -0.39 is 10.9 Å². The normalized spacial score (nSPS) is 18.5. The van der Waals surface area contributed by atoms with Gasteiger partial charge in [0.2, 0.25) is 0 Å². The topological polar surface area (TPSA) is 131 Å². The summed E-state index contributed by atoms with van der Waals surface area (Å²) in [5.74, 6) is -1.19. The summed E-state index contributed by atoms with van der Waals surface area (Å²) >= 11 is 0. The van der Waals surface area contributed by atoms with Crippen molar-refractivity contribution in [1.82, 2.24) is 20.0 Å². The summed E-state index contributed by atoms with van der Waals surface area (Å²) in [5.41, 5.74) is 0.651. The zero-order valence-corrected chi connectivity index (χ0v) is 15.3. The minimum atomic E-state index is -0.860. The van der Waals surface area contributed by atoms with Crippen LogP contribution in [0.4, 0.5) is 5.69 Å². The minimum absolute atomic E-state index is 0.00451. The number of non-ortho nitro benzene ring substituents is 1. The molecule has 1 aliphatic carbocycles. The molecule has 0 bridgehead atoms. The number of hydrogen-bond donors (Lipinski definition) is 2. The fourth-order valence-electron chi connectivity index (χ4n) is 3.27. The molecule has 0 saturated heterocycles. The van der Waals surface area contributed by atoms with Crippen LogP contribution < -0.4 is 5.32 Å². The van der Waals surface area contributed by atoms with Crippen molar-refractivity contribution in [2.45, 2.75) is 31.8 Å². The molecule has 0 spiro atoms. The number of nitrogens with one attached hydrogen (secondary N) is 1. The SMILES string of the molecule is CCN(CC(=O)O)C1CC(NC(=O)c2ccn(-c3cccc([N+](=O)[O-])c3)n2)C1. The molecule has 1 heterocycles. The molecule has 0 atom stereocenters. The first-order valence-electron chi connectivity index (χ1n) is 8.94. The van der Waals surface area contributed by atoms with Crippen LogP contribution in [0.2, 0.25) is 0 Å². The first-order valence-corrected chi connectivity index (χ1v) is 8.94. The average Bonchev–Trinajstić information content (AvgIpc) is 3.12. The van der Waals surface area contributed by atoms with Crippen LogP contribution in [0.25, 0.3) is 5.69 Å². The molecule has 1 aromatic heterocycles. The number of benzene rings is 1. The van der Waals surface area contributed by atoms with Crippen molar-refractivity contribution in [2.75, 3.05) is 13.1 Å². The monoisotopic (exact) mass is 387 g/mol. The second-order valence-electron chi connectivity index (χ2n) is 6.67. The number of likely N-dealkylation sites (N-methyl/N-ethyl adjacent to an activating group) is 1. The molecule has 0 unspecified atom stereocenters. The van der Waals surface area contributed by atoms with Crippen molar-refractivity contribution in [3.63, 3.8) is 0 Å². The highest BCUT2D eigenvalue weighted by Crippen LogP contribution is 2.26. The summed E-state index contributed by atoms with van der Waals surface area (Å²) in [5, 5.41) is 26.9. The Morgan fingerprint density at radius 2 is 2.14 bits per heavy atom. The maximum atomic E-state index is 12.4. The molecule has 0 aliphatic heterocycles. The Kier molecular flexibility index (Phi) is 5.69. The Bertz CT molecular complexity index is 890. The Morgan fingerprint density at radius 3 is 2.79 bits per heavy atom. The molecule has 0 radical (unpaired) electrons. The molecule has 2 N–H and O–H groups in total. The lowest BCUT2D eigenvalue weighted by molar-refractivity contribution is -0.384. The summed E-state index contributed by atoms with van der Waals surface area (Å²) in [6.45, 7) is 2.55. The standard InChI is InChI=1S/C18H21N5O5/c1-2-21(11-17(24)25)15-8-12(9-15)19-18(26)16-6-7-22(20-16)13-4-3-5-14(10-13)23(27)28/h3-7,10,12,15H,2,8-9,11H2,1H3,(H,19,26)(H,24,25). The molecular formula is C18H21N5O5. The zero-order chi connectivity index (χ0) is 20.3. The summed E-state index contributed by atoms with van der Waals surface area (Å²) < 4.78 is 1.41. The molecule has 3 rings (SSSR count). The Morgan fingerprint density at radius 1 is 1.39 bits per heavy atom. The van der Waals surface area contributed by atoms with E-state index in [-0.39, 0.29) is 35.9 Å². The molecule has 148 valence electrons. The largest absolute Gasteiger partial charge is 0.480 e. The Hall–Kier alpha value is -3.27. The first kappa shape index (κ1) is 19.5. The minimum Gasteiger partial charge on any atom is -0.480 e. The molecule has 1 amide bonds. The van der Waals surface area contributed by atoms with Gasteiger partial charge in [-0.3, -0.25) is 24.6 Å². The number of hydrogen-bond acceptors (Lipinski definition) is 6. The third-order valence-electron chi connectivity index (χ3n) is 4.84. The highest BCUT2D eigenvalue weighted by atomic mass is 16.6. The highest BCUT2D eigenvalue weighted by Gasteiger charge is 2.35. The van der Waals surface area contributed by atoms with Crippen molar-refractivity contribution in [3.8, 4) is 5.69 Å². The van der Waals surface area contributed by atoms with Crippen molar-refractivity contribution >= 4 is 17.6 Å². The summed E-state index contributed by atoms with van der Waals surface area (Å²) in [4.78, 5) is 35.5. The zero-order valence-electron chi connectivity index (χ0n) is 15.3. The fourth-order valence-corrected chi connectivity index (χ4v) is 3.27. The first-order chi connectivity index (χ1) is 13.4. The fraction of sp³-hybridized carbons (Fsp3) is 0.389. The number of nitrogens with zero attached hydrogens (tertiary/aromatic N) is 4. The van der Waals surface area contributed by atoms with Crippen LogP contribution in [-0.2, 0) is 4.79 Å². The van der Waals surface area contributed by atoms with Crippen molar-refractivity contribution in [2.24, 2.45) is 0 Å². The van der Waals surface area contributed by atoms with E-state index >= 15 is 0 Å². The quantitative estimate of drug-likeness (QED) is 0.518. The number of nitro groups is 1. The Balaban J connectivity index is 1.58. The van der Waals surface area contributed by atoms with Gasteiger partial charge in [-0.2, -0.15) is 5.10 Å². The number of carbonyl (C=O) groups excluding carboxylic acids is 1. The number of carbonyl (C=O) groups is 2. The molecule has 10 nitrogen and oxygen atoms in total. The van der Waals surface area contributed by atoms with Gasteiger partial charge in [-0.05, 0) is 31.5 Å². The summed E-state index contributed by atoms with van der Waals surface area (Å²) in [7, 11) is 0. The van der Waals surface area contributed by atoms with Gasteiger partial charge < -0.3 is 10.4 Å². The maximum Gasteiger partial charge on any atom is 0.317 e. The van der Waals surface area contributed by atoms with E-state index in [1.54, 1.807) is 24.4 Å². The lowest BCUT2D eigenvalue weighted by Crippen LogP contribution is -2.54. The predicted octanol–water partition coefficient (Wildman–Crippen LogP) is 1.45. The number of nitro benzene ring substituents is 1. The van der Waals surface area contributed by atoms with Crippen molar-refractivity contribution in [3.05, 3.63) is 52.3 Å². The molecule has 1 aliphatic rings. The van der Waals surface area contributed by atoms with Gasteiger partial charge in [0.25, 0.3) is 11.6 Å². The predicted molar refractivity (Wildman–Crippen MR) is 99.4 cm³/mol. The van der Waals surface area contributed by atoms with Crippen molar-refractivity contribution < 1.29 is 19.6 Å². The van der Waals surface area contributed by atoms with Crippen LogP contribution in [-0.4, -0.2) is 61.8 Å². The van der Waals surface area contributed by atoms with E-state index in [2.05, 4.69) is 10.4 Å². The molecule has 10 heteroatoms. The second-order valence-corrected chi connectivity index (χ2v) is 6.67. The summed E-state index contributed by atoms with van der Waals surface area (Å²) in [6, 6.07) is 7.66. The molecule has 28 heavy (non-hydrogen) atoms. The Labute approximate surface area is 160 Å². The smallest absolute Gasteiger partial charge is 0.317 e.